The lowest BCUT2D eigenvalue weighted by molar-refractivity contribution is 0.0455. The van der Waals surface area contributed by atoms with Gasteiger partial charge in [-0.25, -0.2) is 4.39 Å². The van der Waals surface area contributed by atoms with Gasteiger partial charge in [0.25, 0.3) is 11.8 Å². The summed E-state index contributed by atoms with van der Waals surface area (Å²) in [4.78, 5) is 30.4. The van der Waals surface area contributed by atoms with E-state index in [1.165, 1.54) is 17.0 Å². The number of carbonyl (C=O) groups excluding carboxylic acids is 2. The van der Waals surface area contributed by atoms with Gasteiger partial charge < -0.3 is 15.4 Å². The van der Waals surface area contributed by atoms with Crippen LogP contribution in [0.2, 0.25) is 0 Å². The van der Waals surface area contributed by atoms with E-state index in [1.807, 2.05) is 12.1 Å². The summed E-state index contributed by atoms with van der Waals surface area (Å²) in [5, 5.41) is 1.42. The maximum Gasteiger partial charge on any atom is 0.261 e. The van der Waals surface area contributed by atoms with Crippen LogP contribution in [0, 0.1) is 5.82 Å². The Balaban J connectivity index is 1.19. The molecule has 2 N–H and O–H groups in total. The molecule has 2 aliphatic rings. The Labute approximate surface area is 191 Å². The fraction of sp³-hybridized carbons (Fsp3) is 0.308. The number of benzene rings is 3. The smallest absolute Gasteiger partial charge is 0.261 e. The number of nitrogens with two attached hydrogens (primary N) is 1. The summed E-state index contributed by atoms with van der Waals surface area (Å²) < 4.78 is 18.6. The van der Waals surface area contributed by atoms with E-state index in [-0.39, 0.29) is 23.7 Å². The lowest BCUT2D eigenvalue weighted by Crippen LogP contribution is -2.51. The molecule has 0 radical (unpaired) electrons. The Bertz CT molecular complexity index is 1180. The van der Waals surface area contributed by atoms with Crippen molar-refractivity contribution in [3.8, 4) is 5.75 Å². The molecule has 0 spiro atoms. The molecule has 6 nitrogen and oxygen atoms in total. The number of halogens is 1. The SMILES string of the molecule is Nc1ccc2c3c(cccc13)C(=O)N(C1CCN(CCCOc3ccc(F)cc3)CC1)C2=O. The Morgan fingerprint density at radius 2 is 1.64 bits per heavy atom. The number of nitrogens with zero attached hydrogens (tertiary/aromatic N) is 2. The maximum absolute atomic E-state index is 13.3. The average molecular weight is 448 g/mol. The summed E-state index contributed by atoms with van der Waals surface area (Å²) in [6, 6.07) is 14.8. The highest BCUT2D eigenvalue weighted by Crippen LogP contribution is 2.35. The largest absolute Gasteiger partial charge is 0.494 e. The third kappa shape index (κ3) is 4.04. The first-order chi connectivity index (χ1) is 16.0. The maximum atomic E-state index is 13.3. The molecule has 5 rings (SSSR count). The van der Waals surface area contributed by atoms with E-state index in [9.17, 15) is 14.0 Å². The normalized spacial score (nSPS) is 17.1. The zero-order valence-electron chi connectivity index (χ0n) is 18.3. The number of imide groups is 1. The minimum atomic E-state index is -0.278. The first-order valence-electron chi connectivity index (χ1n) is 11.3. The molecule has 2 heterocycles. The van der Waals surface area contributed by atoms with Gasteiger partial charge in [-0.3, -0.25) is 14.5 Å². The van der Waals surface area contributed by atoms with Crippen LogP contribution in [0.1, 0.15) is 40.0 Å². The van der Waals surface area contributed by atoms with Crippen LogP contribution in [0.25, 0.3) is 10.8 Å². The first kappa shape index (κ1) is 21.4. The quantitative estimate of drug-likeness (QED) is 0.350. The van der Waals surface area contributed by atoms with E-state index in [4.69, 9.17) is 10.5 Å². The zero-order chi connectivity index (χ0) is 22.9. The van der Waals surface area contributed by atoms with Gasteiger partial charge in [0.2, 0.25) is 0 Å². The number of anilines is 1. The van der Waals surface area contributed by atoms with Crippen molar-refractivity contribution in [1.29, 1.82) is 0 Å². The van der Waals surface area contributed by atoms with E-state index in [0.29, 0.717) is 34.6 Å². The summed E-state index contributed by atoms with van der Waals surface area (Å²) in [5.41, 5.74) is 7.75. The van der Waals surface area contributed by atoms with Gasteiger partial charge in [-0.2, -0.15) is 0 Å². The van der Waals surface area contributed by atoms with Gasteiger partial charge in [-0.15, -0.1) is 0 Å². The van der Waals surface area contributed by atoms with Gasteiger partial charge in [0.15, 0.2) is 0 Å². The molecule has 2 amide bonds. The van der Waals surface area contributed by atoms with Gasteiger partial charge in [0.1, 0.15) is 11.6 Å². The molecule has 0 bridgehead atoms. The molecule has 0 atom stereocenters. The third-order valence-electron chi connectivity index (χ3n) is 6.60. The van der Waals surface area contributed by atoms with Crippen LogP contribution in [-0.2, 0) is 0 Å². The number of carbonyl (C=O) groups is 2. The van der Waals surface area contributed by atoms with Gasteiger partial charge >= 0.3 is 0 Å². The third-order valence-corrected chi connectivity index (χ3v) is 6.60. The van der Waals surface area contributed by atoms with Crippen molar-refractivity contribution >= 4 is 28.3 Å². The Hall–Kier alpha value is -3.45. The number of amides is 2. The van der Waals surface area contributed by atoms with Gasteiger partial charge in [-0.05, 0) is 61.7 Å². The highest BCUT2D eigenvalue weighted by Gasteiger charge is 2.38. The molecule has 3 aromatic rings. The molecule has 3 aromatic carbocycles. The van der Waals surface area contributed by atoms with Crippen LogP contribution in [0.4, 0.5) is 10.1 Å². The van der Waals surface area contributed by atoms with Crippen molar-refractivity contribution in [2.75, 3.05) is 32.0 Å². The van der Waals surface area contributed by atoms with Crippen LogP contribution >= 0.6 is 0 Å². The highest BCUT2D eigenvalue weighted by atomic mass is 19.1. The van der Waals surface area contributed by atoms with Crippen LogP contribution in [-0.4, -0.2) is 53.9 Å². The first-order valence-corrected chi connectivity index (χ1v) is 11.3. The number of hydrogen-bond donors (Lipinski definition) is 1. The second-order valence-corrected chi connectivity index (χ2v) is 8.64. The molecule has 0 unspecified atom stereocenters. The number of piperidine rings is 1. The summed E-state index contributed by atoms with van der Waals surface area (Å²) >= 11 is 0. The number of ether oxygens (including phenoxy) is 1. The van der Waals surface area contributed by atoms with E-state index < -0.39 is 0 Å². The van der Waals surface area contributed by atoms with Crippen LogP contribution < -0.4 is 10.5 Å². The van der Waals surface area contributed by atoms with Crippen LogP contribution in [0.5, 0.6) is 5.75 Å². The molecule has 1 saturated heterocycles. The predicted octanol–water partition coefficient (Wildman–Crippen LogP) is 4.09. The van der Waals surface area contributed by atoms with Gasteiger partial charge in [-0.1, -0.05) is 12.1 Å². The predicted molar refractivity (Wildman–Crippen MR) is 125 cm³/mol. The van der Waals surface area contributed by atoms with Crippen LogP contribution in [0.3, 0.4) is 0 Å². The molecule has 33 heavy (non-hydrogen) atoms. The fourth-order valence-corrected chi connectivity index (χ4v) is 4.88. The van der Waals surface area contributed by atoms with Crippen molar-refractivity contribution in [3.05, 3.63) is 71.5 Å². The second-order valence-electron chi connectivity index (χ2n) is 8.64. The number of hydrogen-bond acceptors (Lipinski definition) is 5. The summed E-state index contributed by atoms with van der Waals surface area (Å²) in [6.07, 6.45) is 2.34. The van der Waals surface area contributed by atoms with Gasteiger partial charge in [0, 0.05) is 53.3 Å². The molecular weight excluding hydrogens is 421 g/mol. The minimum absolute atomic E-state index is 0.113. The Morgan fingerprint density at radius 1 is 0.939 bits per heavy atom. The topological polar surface area (TPSA) is 75.9 Å². The fourth-order valence-electron chi connectivity index (χ4n) is 4.88. The van der Waals surface area contributed by atoms with E-state index >= 15 is 0 Å². The lowest BCUT2D eigenvalue weighted by Gasteiger charge is -2.39. The minimum Gasteiger partial charge on any atom is -0.494 e. The molecule has 2 aliphatic heterocycles. The standard InChI is InChI=1S/C26H26FN3O3/c27-17-5-7-19(8-6-17)33-16-2-13-29-14-11-18(12-15-29)30-25(31)21-4-1-3-20-23(28)10-9-22(24(20)21)26(30)32/h1,3-10,18H,2,11-16,28H2. The van der Waals surface area contributed by atoms with E-state index in [1.54, 1.807) is 30.3 Å². The lowest BCUT2D eigenvalue weighted by atomic mass is 9.91. The summed E-state index contributed by atoms with van der Waals surface area (Å²) in [5.74, 6) is -0.0702. The van der Waals surface area contributed by atoms with E-state index in [2.05, 4.69) is 4.90 Å². The Kier molecular flexibility index (Phi) is 5.72. The summed E-state index contributed by atoms with van der Waals surface area (Å²) in [6.45, 7) is 3.06. The molecular formula is C26H26FN3O3. The molecule has 7 heteroatoms. The average Bonchev–Trinajstić information content (AvgIpc) is 2.83. The van der Waals surface area contributed by atoms with Crippen molar-refractivity contribution in [2.45, 2.75) is 25.3 Å². The number of nitrogen functional groups attached to an aromatic ring is 1. The van der Waals surface area contributed by atoms with Crippen molar-refractivity contribution < 1.29 is 18.7 Å². The molecule has 170 valence electrons. The number of likely N-dealkylation sites (tertiary alicyclic amines) is 1. The van der Waals surface area contributed by atoms with Crippen molar-refractivity contribution in [2.24, 2.45) is 0 Å². The van der Waals surface area contributed by atoms with Crippen molar-refractivity contribution in [1.82, 2.24) is 9.80 Å². The van der Waals surface area contributed by atoms with Crippen molar-refractivity contribution in [3.63, 3.8) is 0 Å². The monoisotopic (exact) mass is 447 g/mol. The molecule has 1 fully saturated rings. The Morgan fingerprint density at radius 3 is 2.36 bits per heavy atom. The van der Waals surface area contributed by atoms with Crippen LogP contribution in [0.15, 0.2) is 54.6 Å². The van der Waals surface area contributed by atoms with Gasteiger partial charge in [0.05, 0.1) is 6.61 Å². The second kappa shape index (κ2) is 8.83. The van der Waals surface area contributed by atoms with E-state index in [0.717, 1.165) is 44.3 Å². The zero-order valence-corrected chi connectivity index (χ0v) is 18.3. The summed E-state index contributed by atoms with van der Waals surface area (Å²) in [7, 11) is 0. The molecule has 0 aliphatic carbocycles. The molecule has 0 aromatic heterocycles. The number of rotatable bonds is 6. The highest BCUT2D eigenvalue weighted by molar-refractivity contribution is 6.26. The molecule has 0 saturated carbocycles.